The lowest BCUT2D eigenvalue weighted by molar-refractivity contribution is -0.385. The molecule has 0 bridgehead atoms. The molecule has 1 aromatic carbocycles. The van der Waals surface area contributed by atoms with E-state index in [0.717, 1.165) is 38.5 Å². The van der Waals surface area contributed by atoms with Gasteiger partial charge < -0.3 is 14.2 Å². The SMILES string of the molecule is O=C(Oc1ccc(C2OCCCO2)cc1[N+](=O)[O-])C1CCCCC1. The third-order valence-electron chi connectivity index (χ3n) is 4.43. The lowest BCUT2D eigenvalue weighted by atomic mass is 9.89. The Labute approximate surface area is 140 Å². The molecule has 24 heavy (non-hydrogen) atoms. The number of carbonyl (C=O) groups excluding carboxylic acids is 1. The van der Waals surface area contributed by atoms with E-state index in [1.165, 1.54) is 12.1 Å². The summed E-state index contributed by atoms with van der Waals surface area (Å²) >= 11 is 0. The molecule has 1 saturated heterocycles. The summed E-state index contributed by atoms with van der Waals surface area (Å²) in [4.78, 5) is 23.0. The van der Waals surface area contributed by atoms with Crippen molar-refractivity contribution in [3.05, 3.63) is 33.9 Å². The van der Waals surface area contributed by atoms with Crippen LogP contribution in [0.15, 0.2) is 18.2 Å². The Morgan fingerprint density at radius 3 is 2.50 bits per heavy atom. The standard InChI is InChI=1S/C17H21NO6/c19-16(12-5-2-1-3-6-12)24-15-8-7-13(11-14(15)18(20)21)17-22-9-4-10-23-17/h7-8,11-12,17H,1-6,9-10H2. The lowest BCUT2D eigenvalue weighted by Gasteiger charge is -2.23. The number of esters is 1. The van der Waals surface area contributed by atoms with E-state index < -0.39 is 11.2 Å². The van der Waals surface area contributed by atoms with Gasteiger partial charge in [0.1, 0.15) is 0 Å². The van der Waals surface area contributed by atoms with Crippen LogP contribution in [0.2, 0.25) is 0 Å². The number of nitro benzene ring substituents is 1. The molecule has 1 aliphatic carbocycles. The van der Waals surface area contributed by atoms with E-state index in [4.69, 9.17) is 14.2 Å². The van der Waals surface area contributed by atoms with Crippen LogP contribution >= 0.6 is 0 Å². The zero-order valence-corrected chi connectivity index (χ0v) is 13.4. The highest BCUT2D eigenvalue weighted by molar-refractivity contribution is 5.76. The molecule has 0 amide bonds. The predicted octanol–water partition coefficient (Wildman–Crippen LogP) is 3.52. The van der Waals surface area contributed by atoms with E-state index in [1.807, 2.05) is 0 Å². The van der Waals surface area contributed by atoms with Gasteiger partial charge in [-0.15, -0.1) is 0 Å². The first kappa shape index (κ1) is 16.9. The van der Waals surface area contributed by atoms with Crippen LogP contribution in [0.1, 0.15) is 50.4 Å². The van der Waals surface area contributed by atoms with Gasteiger partial charge in [0.15, 0.2) is 6.29 Å². The molecule has 1 aromatic rings. The highest BCUT2D eigenvalue weighted by Gasteiger charge is 2.27. The van der Waals surface area contributed by atoms with Gasteiger partial charge in [-0.1, -0.05) is 19.3 Å². The van der Waals surface area contributed by atoms with Gasteiger partial charge in [-0.05, 0) is 31.4 Å². The molecule has 130 valence electrons. The molecule has 3 rings (SSSR count). The second-order valence-electron chi connectivity index (χ2n) is 6.17. The molecule has 0 spiro atoms. The van der Waals surface area contributed by atoms with Crippen molar-refractivity contribution in [2.45, 2.75) is 44.8 Å². The zero-order chi connectivity index (χ0) is 16.9. The molecular weight excluding hydrogens is 314 g/mol. The van der Waals surface area contributed by atoms with Gasteiger partial charge in [-0.3, -0.25) is 14.9 Å². The topological polar surface area (TPSA) is 87.9 Å². The van der Waals surface area contributed by atoms with Crippen molar-refractivity contribution in [2.75, 3.05) is 13.2 Å². The summed E-state index contributed by atoms with van der Waals surface area (Å²) in [5.41, 5.74) is 0.313. The van der Waals surface area contributed by atoms with Crippen LogP contribution in [-0.2, 0) is 14.3 Å². The number of carbonyl (C=O) groups is 1. The third kappa shape index (κ3) is 3.91. The van der Waals surface area contributed by atoms with Gasteiger partial charge in [-0.2, -0.15) is 0 Å². The van der Waals surface area contributed by atoms with E-state index in [-0.39, 0.29) is 23.3 Å². The number of rotatable bonds is 4. The largest absolute Gasteiger partial charge is 0.419 e. The maximum Gasteiger partial charge on any atom is 0.314 e. The molecule has 1 heterocycles. The van der Waals surface area contributed by atoms with Crippen molar-refractivity contribution in [3.8, 4) is 5.75 Å². The van der Waals surface area contributed by atoms with Crippen molar-refractivity contribution < 1.29 is 23.9 Å². The van der Waals surface area contributed by atoms with Gasteiger partial charge in [-0.25, -0.2) is 0 Å². The molecule has 7 nitrogen and oxygen atoms in total. The van der Waals surface area contributed by atoms with Crippen molar-refractivity contribution in [1.29, 1.82) is 0 Å². The minimum Gasteiger partial charge on any atom is -0.419 e. The van der Waals surface area contributed by atoms with Crippen LogP contribution in [0, 0.1) is 16.0 Å². The first-order valence-corrected chi connectivity index (χ1v) is 8.38. The summed E-state index contributed by atoms with van der Waals surface area (Å²) in [6.45, 7) is 1.10. The quantitative estimate of drug-likeness (QED) is 0.362. The van der Waals surface area contributed by atoms with Gasteiger partial charge in [0.25, 0.3) is 0 Å². The van der Waals surface area contributed by atoms with E-state index in [9.17, 15) is 14.9 Å². The van der Waals surface area contributed by atoms with Crippen LogP contribution < -0.4 is 4.74 Å². The Bertz CT molecular complexity index is 605. The monoisotopic (exact) mass is 335 g/mol. The number of hydrogen-bond donors (Lipinski definition) is 0. The fraction of sp³-hybridized carbons (Fsp3) is 0.588. The molecule has 0 atom stereocenters. The predicted molar refractivity (Wildman–Crippen MR) is 84.6 cm³/mol. The Balaban J connectivity index is 1.76. The van der Waals surface area contributed by atoms with Crippen LogP contribution in [0.4, 0.5) is 5.69 Å². The molecule has 1 saturated carbocycles. The molecule has 0 N–H and O–H groups in total. The van der Waals surface area contributed by atoms with Gasteiger partial charge in [0.2, 0.25) is 5.75 Å². The summed E-state index contributed by atoms with van der Waals surface area (Å²) < 4.78 is 16.3. The van der Waals surface area contributed by atoms with Crippen molar-refractivity contribution >= 4 is 11.7 Å². The summed E-state index contributed by atoms with van der Waals surface area (Å²) in [6.07, 6.45) is 4.88. The number of nitro groups is 1. The van der Waals surface area contributed by atoms with E-state index >= 15 is 0 Å². The molecule has 1 aliphatic heterocycles. The Morgan fingerprint density at radius 2 is 1.83 bits per heavy atom. The normalized spacial score (nSPS) is 19.8. The Hall–Kier alpha value is -1.99. The van der Waals surface area contributed by atoms with E-state index in [0.29, 0.717) is 18.8 Å². The van der Waals surface area contributed by atoms with Gasteiger partial charge in [0.05, 0.1) is 24.1 Å². The first-order valence-electron chi connectivity index (χ1n) is 8.38. The zero-order valence-electron chi connectivity index (χ0n) is 13.4. The lowest BCUT2D eigenvalue weighted by Crippen LogP contribution is -2.23. The fourth-order valence-electron chi connectivity index (χ4n) is 3.12. The molecule has 2 aliphatic rings. The fourth-order valence-corrected chi connectivity index (χ4v) is 3.12. The van der Waals surface area contributed by atoms with Crippen molar-refractivity contribution in [1.82, 2.24) is 0 Å². The van der Waals surface area contributed by atoms with Gasteiger partial charge >= 0.3 is 11.7 Å². The highest BCUT2D eigenvalue weighted by Crippen LogP contribution is 2.34. The van der Waals surface area contributed by atoms with Crippen molar-refractivity contribution in [3.63, 3.8) is 0 Å². The van der Waals surface area contributed by atoms with Crippen LogP contribution in [0.25, 0.3) is 0 Å². The molecule has 2 fully saturated rings. The average Bonchev–Trinajstić information content (AvgIpc) is 2.63. The summed E-state index contributed by atoms with van der Waals surface area (Å²) in [6, 6.07) is 4.46. The van der Waals surface area contributed by atoms with Crippen LogP contribution in [-0.4, -0.2) is 24.1 Å². The summed E-state index contributed by atoms with van der Waals surface area (Å²) in [5, 5.41) is 11.3. The van der Waals surface area contributed by atoms with E-state index in [1.54, 1.807) is 6.07 Å². The average molecular weight is 335 g/mol. The smallest absolute Gasteiger partial charge is 0.314 e. The minimum absolute atomic E-state index is 0.0184. The second kappa shape index (κ2) is 7.72. The summed E-state index contributed by atoms with van der Waals surface area (Å²) in [5.74, 6) is -0.561. The van der Waals surface area contributed by atoms with E-state index in [2.05, 4.69) is 0 Å². The van der Waals surface area contributed by atoms with Gasteiger partial charge in [0, 0.05) is 11.6 Å². The summed E-state index contributed by atoms with van der Waals surface area (Å²) in [7, 11) is 0. The number of ether oxygens (including phenoxy) is 3. The maximum absolute atomic E-state index is 12.2. The number of benzene rings is 1. The molecule has 7 heteroatoms. The third-order valence-corrected chi connectivity index (χ3v) is 4.43. The highest BCUT2D eigenvalue weighted by atomic mass is 16.7. The maximum atomic E-state index is 12.2. The Kier molecular flexibility index (Phi) is 5.42. The molecule has 0 aromatic heterocycles. The Morgan fingerprint density at radius 1 is 1.12 bits per heavy atom. The molecule has 0 radical (unpaired) electrons. The van der Waals surface area contributed by atoms with Crippen LogP contribution in [0.3, 0.4) is 0 Å². The molecular formula is C17H21NO6. The van der Waals surface area contributed by atoms with Crippen LogP contribution in [0.5, 0.6) is 5.75 Å². The second-order valence-corrected chi connectivity index (χ2v) is 6.17. The first-order chi connectivity index (χ1) is 11.6. The minimum atomic E-state index is -0.611. The number of hydrogen-bond acceptors (Lipinski definition) is 6. The number of nitrogens with zero attached hydrogens (tertiary/aromatic N) is 1. The van der Waals surface area contributed by atoms with Crippen molar-refractivity contribution in [2.24, 2.45) is 5.92 Å². The molecule has 0 unspecified atom stereocenters.